The summed E-state index contributed by atoms with van der Waals surface area (Å²) < 4.78 is 11.6. The number of quaternary nitrogens is 1. The highest BCUT2D eigenvalue weighted by atomic mass is 16.5. The van der Waals surface area contributed by atoms with Gasteiger partial charge in [0.2, 0.25) is 0 Å². The molecular formula is C24H29N2O3+. The second-order valence-electron chi connectivity index (χ2n) is 7.75. The predicted molar refractivity (Wildman–Crippen MR) is 113 cm³/mol. The van der Waals surface area contributed by atoms with Gasteiger partial charge in [-0.05, 0) is 19.9 Å². The van der Waals surface area contributed by atoms with Crippen molar-refractivity contribution in [3.8, 4) is 0 Å². The number of ether oxygens (including phenoxy) is 1. The molecule has 0 saturated carbocycles. The largest absolute Gasteiger partial charge is 0.451 e. The quantitative estimate of drug-likeness (QED) is 0.701. The molecule has 1 fully saturated rings. The van der Waals surface area contributed by atoms with Crippen LogP contribution in [0.2, 0.25) is 0 Å². The standard InChI is InChI=1S/C24H28N2O3/c1-3-28-17-21-20-9-4-5-10-22(20)29-23(21)24(27)26-13-11-25(12-14-26)16-19-8-6-7-18(2)15-19/h4-10,15H,3,11-14,16-17H2,1-2H3/p+1. The summed E-state index contributed by atoms with van der Waals surface area (Å²) in [5.74, 6) is 0.410. The van der Waals surface area contributed by atoms with Crippen molar-refractivity contribution in [2.24, 2.45) is 0 Å². The van der Waals surface area contributed by atoms with Crippen LogP contribution >= 0.6 is 0 Å². The van der Waals surface area contributed by atoms with E-state index in [0.29, 0.717) is 19.0 Å². The van der Waals surface area contributed by atoms with Crippen molar-refractivity contribution in [2.45, 2.75) is 27.0 Å². The Balaban J connectivity index is 1.45. The first-order valence-corrected chi connectivity index (χ1v) is 10.4. The summed E-state index contributed by atoms with van der Waals surface area (Å²) in [5, 5.41) is 0.966. The van der Waals surface area contributed by atoms with Gasteiger partial charge < -0.3 is 19.0 Å². The maximum absolute atomic E-state index is 13.2. The molecule has 5 nitrogen and oxygen atoms in total. The summed E-state index contributed by atoms with van der Waals surface area (Å²) >= 11 is 0. The van der Waals surface area contributed by atoms with Gasteiger partial charge in [0, 0.05) is 23.1 Å². The van der Waals surface area contributed by atoms with E-state index in [0.717, 1.165) is 49.3 Å². The first kappa shape index (κ1) is 19.7. The van der Waals surface area contributed by atoms with Crippen LogP contribution in [0, 0.1) is 6.92 Å². The number of hydrogen-bond acceptors (Lipinski definition) is 3. The summed E-state index contributed by atoms with van der Waals surface area (Å²) in [6, 6.07) is 16.5. The Labute approximate surface area is 171 Å². The summed E-state index contributed by atoms with van der Waals surface area (Å²) in [6.07, 6.45) is 0. The number of piperazine rings is 1. The SMILES string of the molecule is CCOCc1c(C(=O)N2CC[NH+](Cc3cccc(C)c3)CC2)oc2ccccc12. The fraction of sp³-hybridized carbons (Fsp3) is 0.375. The number of rotatable bonds is 6. The number of nitrogens with zero attached hydrogens (tertiary/aromatic N) is 1. The minimum Gasteiger partial charge on any atom is -0.451 e. The Bertz CT molecular complexity index is 987. The zero-order valence-electron chi connectivity index (χ0n) is 17.2. The summed E-state index contributed by atoms with van der Waals surface area (Å²) in [6.45, 7) is 9.46. The van der Waals surface area contributed by atoms with Crippen LogP contribution in [0.25, 0.3) is 11.0 Å². The minimum absolute atomic E-state index is 0.0227. The monoisotopic (exact) mass is 393 g/mol. The molecule has 2 heterocycles. The lowest BCUT2D eigenvalue weighted by atomic mass is 10.1. The molecule has 0 aliphatic carbocycles. The highest BCUT2D eigenvalue weighted by molar-refractivity contribution is 5.99. The molecule has 0 unspecified atom stereocenters. The normalized spacial score (nSPS) is 15.2. The summed E-state index contributed by atoms with van der Waals surface area (Å²) in [7, 11) is 0. The van der Waals surface area contributed by atoms with Gasteiger partial charge in [-0.1, -0.05) is 48.0 Å². The molecule has 152 valence electrons. The third-order valence-electron chi connectivity index (χ3n) is 5.64. The van der Waals surface area contributed by atoms with Crippen molar-refractivity contribution in [2.75, 3.05) is 32.8 Å². The lowest BCUT2D eigenvalue weighted by molar-refractivity contribution is -0.917. The van der Waals surface area contributed by atoms with Gasteiger partial charge in [-0.25, -0.2) is 0 Å². The van der Waals surface area contributed by atoms with Gasteiger partial charge in [-0.15, -0.1) is 0 Å². The van der Waals surface area contributed by atoms with Gasteiger partial charge in [0.25, 0.3) is 5.91 Å². The zero-order chi connectivity index (χ0) is 20.2. The molecule has 0 spiro atoms. The Morgan fingerprint density at radius 2 is 1.93 bits per heavy atom. The van der Waals surface area contributed by atoms with Gasteiger partial charge in [0.05, 0.1) is 32.8 Å². The van der Waals surface area contributed by atoms with Crippen LogP contribution < -0.4 is 4.90 Å². The highest BCUT2D eigenvalue weighted by Crippen LogP contribution is 2.27. The van der Waals surface area contributed by atoms with Gasteiger partial charge in [0.15, 0.2) is 5.76 Å². The average molecular weight is 394 g/mol. The topological polar surface area (TPSA) is 47.1 Å². The molecule has 3 aromatic rings. The Hall–Kier alpha value is -2.63. The van der Waals surface area contributed by atoms with Crippen LogP contribution in [0.15, 0.2) is 52.9 Å². The fourth-order valence-corrected chi connectivity index (χ4v) is 4.08. The molecule has 5 heteroatoms. The molecule has 1 saturated heterocycles. The third-order valence-corrected chi connectivity index (χ3v) is 5.64. The second kappa shape index (κ2) is 8.80. The highest BCUT2D eigenvalue weighted by Gasteiger charge is 2.29. The number of furan rings is 1. The molecule has 1 N–H and O–H groups in total. The van der Waals surface area contributed by atoms with Crippen molar-refractivity contribution in [1.82, 2.24) is 4.90 Å². The number of nitrogens with one attached hydrogen (secondary N) is 1. The van der Waals surface area contributed by atoms with E-state index >= 15 is 0 Å². The maximum atomic E-state index is 13.2. The van der Waals surface area contributed by atoms with Crippen molar-refractivity contribution < 1.29 is 18.8 Å². The van der Waals surface area contributed by atoms with E-state index in [1.165, 1.54) is 16.0 Å². The molecule has 2 aromatic carbocycles. The number of hydrogen-bond donors (Lipinski definition) is 1. The van der Waals surface area contributed by atoms with Crippen LogP contribution in [0.5, 0.6) is 0 Å². The van der Waals surface area contributed by atoms with Crippen molar-refractivity contribution >= 4 is 16.9 Å². The van der Waals surface area contributed by atoms with Crippen molar-refractivity contribution in [3.63, 3.8) is 0 Å². The van der Waals surface area contributed by atoms with Crippen LogP contribution in [0.1, 0.15) is 34.2 Å². The molecule has 29 heavy (non-hydrogen) atoms. The third kappa shape index (κ3) is 4.36. The van der Waals surface area contributed by atoms with E-state index in [2.05, 4.69) is 31.2 Å². The van der Waals surface area contributed by atoms with E-state index in [-0.39, 0.29) is 5.91 Å². The Kier molecular flexibility index (Phi) is 5.97. The summed E-state index contributed by atoms with van der Waals surface area (Å²) in [5.41, 5.74) is 4.26. The first-order chi connectivity index (χ1) is 14.2. The molecule has 1 aliphatic rings. The molecule has 0 bridgehead atoms. The lowest BCUT2D eigenvalue weighted by Gasteiger charge is -2.32. The molecular weight excluding hydrogens is 364 g/mol. The van der Waals surface area contributed by atoms with Crippen LogP contribution in [0.4, 0.5) is 0 Å². The molecule has 4 rings (SSSR count). The van der Waals surface area contributed by atoms with Crippen LogP contribution in [-0.2, 0) is 17.9 Å². The smallest absolute Gasteiger partial charge is 0.290 e. The van der Waals surface area contributed by atoms with E-state index < -0.39 is 0 Å². The number of carbonyl (C=O) groups is 1. The minimum atomic E-state index is -0.0227. The van der Waals surface area contributed by atoms with Crippen LogP contribution in [-0.4, -0.2) is 43.6 Å². The molecule has 0 radical (unpaired) electrons. The van der Waals surface area contributed by atoms with Crippen molar-refractivity contribution in [3.05, 3.63) is 71.0 Å². The number of amides is 1. The van der Waals surface area contributed by atoms with Gasteiger partial charge in [-0.2, -0.15) is 0 Å². The predicted octanol–water partition coefficient (Wildman–Crippen LogP) is 2.82. The van der Waals surface area contributed by atoms with Crippen LogP contribution in [0.3, 0.4) is 0 Å². The van der Waals surface area contributed by atoms with Gasteiger partial charge >= 0.3 is 0 Å². The molecule has 1 amide bonds. The summed E-state index contributed by atoms with van der Waals surface area (Å²) in [4.78, 5) is 16.7. The Morgan fingerprint density at radius 3 is 2.69 bits per heavy atom. The average Bonchev–Trinajstić information content (AvgIpc) is 3.11. The fourth-order valence-electron chi connectivity index (χ4n) is 4.08. The first-order valence-electron chi connectivity index (χ1n) is 10.4. The van der Waals surface area contributed by atoms with Gasteiger partial charge in [0.1, 0.15) is 12.1 Å². The second-order valence-corrected chi connectivity index (χ2v) is 7.75. The van der Waals surface area contributed by atoms with E-state index in [1.807, 2.05) is 36.1 Å². The van der Waals surface area contributed by atoms with Crippen molar-refractivity contribution in [1.29, 1.82) is 0 Å². The van der Waals surface area contributed by atoms with E-state index in [4.69, 9.17) is 9.15 Å². The number of carbonyl (C=O) groups excluding carboxylic acids is 1. The van der Waals surface area contributed by atoms with E-state index in [1.54, 1.807) is 0 Å². The Morgan fingerprint density at radius 1 is 1.14 bits per heavy atom. The maximum Gasteiger partial charge on any atom is 0.290 e. The van der Waals surface area contributed by atoms with Gasteiger partial charge in [-0.3, -0.25) is 4.79 Å². The molecule has 1 aliphatic heterocycles. The number of fused-ring (bicyclic) bond motifs is 1. The molecule has 1 aromatic heterocycles. The van der Waals surface area contributed by atoms with E-state index in [9.17, 15) is 4.79 Å². The molecule has 0 atom stereocenters. The number of benzene rings is 2. The zero-order valence-corrected chi connectivity index (χ0v) is 17.2. The number of aryl methyl sites for hydroxylation is 1. The number of para-hydroxylation sites is 1. The lowest BCUT2D eigenvalue weighted by Crippen LogP contribution is -3.13.